The highest BCUT2D eigenvalue weighted by Gasteiger charge is 2.35. The highest BCUT2D eigenvalue weighted by Crippen LogP contribution is 2.34. The van der Waals surface area contributed by atoms with E-state index < -0.39 is 5.54 Å². The molecule has 1 aliphatic carbocycles. The number of carbonyl (C=O) groups is 1. The molecule has 0 radical (unpaired) electrons. The highest BCUT2D eigenvalue weighted by atomic mass is 79.9. The molecule has 74 valence electrons. The van der Waals surface area contributed by atoms with Crippen LogP contribution in [-0.2, 0) is 10.3 Å². The zero-order chi connectivity index (χ0) is 10.2. The lowest BCUT2D eigenvalue weighted by atomic mass is 9.89. The van der Waals surface area contributed by atoms with Crippen molar-refractivity contribution in [3.8, 4) is 0 Å². The Morgan fingerprint density at radius 3 is 2.43 bits per heavy atom. The summed E-state index contributed by atoms with van der Waals surface area (Å²) in [5.74, 6) is 0.274. The van der Waals surface area contributed by atoms with E-state index in [4.69, 9.17) is 5.73 Å². The Hall–Kier alpha value is -0.670. The summed E-state index contributed by atoms with van der Waals surface area (Å²) in [5, 5.41) is 0. The number of hydrogen-bond acceptors (Lipinski definition) is 2. The molecule has 1 aromatic carbocycles. The third-order valence-corrected chi connectivity index (χ3v) is 3.31. The average Bonchev–Trinajstić information content (AvgIpc) is 2.48. The minimum absolute atomic E-state index is 0.274. The standard InChI is InChI=1S/C11H12BrNO/c12-9-3-1-8(2-4-9)11(13)6-5-10(14)7-11/h1-4H,5-7,13H2. The molecular weight excluding hydrogens is 242 g/mol. The zero-order valence-corrected chi connectivity index (χ0v) is 9.38. The maximum Gasteiger partial charge on any atom is 0.135 e. The molecule has 0 bridgehead atoms. The molecule has 0 aromatic heterocycles. The molecule has 1 atom stereocenters. The molecule has 2 nitrogen and oxygen atoms in total. The quantitative estimate of drug-likeness (QED) is 0.835. The van der Waals surface area contributed by atoms with Gasteiger partial charge < -0.3 is 5.73 Å². The molecule has 0 amide bonds. The lowest BCUT2D eigenvalue weighted by Gasteiger charge is -2.23. The topological polar surface area (TPSA) is 43.1 Å². The summed E-state index contributed by atoms with van der Waals surface area (Å²) in [4.78, 5) is 11.2. The van der Waals surface area contributed by atoms with Crippen LogP contribution in [0.1, 0.15) is 24.8 Å². The SMILES string of the molecule is NC1(c2ccc(Br)cc2)CCC(=O)C1. The van der Waals surface area contributed by atoms with Crippen LogP contribution in [0.25, 0.3) is 0 Å². The van der Waals surface area contributed by atoms with Gasteiger partial charge in [0.1, 0.15) is 5.78 Å². The van der Waals surface area contributed by atoms with Gasteiger partial charge in [-0.05, 0) is 24.1 Å². The number of ketones is 1. The molecule has 1 fully saturated rings. The van der Waals surface area contributed by atoms with Crippen LogP contribution in [0, 0.1) is 0 Å². The van der Waals surface area contributed by atoms with E-state index in [9.17, 15) is 4.79 Å². The summed E-state index contributed by atoms with van der Waals surface area (Å²) in [6, 6.07) is 7.91. The van der Waals surface area contributed by atoms with Crippen LogP contribution in [0.4, 0.5) is 0 Å². The number of carbonyl (C=O) groups excluding carboxylic acids is 1. The largest absolute Gasteiger partial charge is 0.321 e. The van der Waals surface area contributed by atoms with E-state index in [-0.39, 0.29) is 5.78 Å². The molecule has 3 heteroatoms. The fourth-order valence-electron chi connectivity index (χ4n) is 1.92. The van der Waals surface area contributed by atoms with Gasteiger partial charge in [-0.3, -0.25) is 4.79 Å². The molecule has 2 rings (SSSR count). The van der Waals surface area contributed by atoms with Gasteiger partial charge in [-0.2, -0.15) is 0 Å². The first-order valence-electron chi connectivity index (χ1n) is 4.67. The Balaban J connectivity index is 2.30. The van der Waals surface area contributed by atoms with Crippen LogP contribution in [0.15, 0.2) is 28.7 Å². The van der Waals surface area contributed by atoms with E-state index in [1.165, 1.54) is 0 Å². The third kappa shape index (κ3) is 1.74. The van der Waals surface area contributed by atoms with Gasteiger partial charge in [0.2, 0.25) is 0 Å². The fourth-order valence-corrected chi connectivity index (χ4v) is 2.18. The van der Waals surface area contributed by atoms with Crippen LogP contribution in [0.5, 0.6) is 0 Å². The van der Waals surface area contributed by atoms with Crippen molar-refractivity contribution in [2.45, 2.75) is 24.8 Å². The highest BCUT2D eigenvalue weighted by molar-refractivity contribution is 9.10. The second kappa shape index (κ2) is 3.48. The van der Waals surface area contributed by atoms with Crippen molar-refractivity contribution in [2.75, 3.05) is 0 Å². The number of benzene rings is 1. The molecule has 0 aliphatic heterocycles. The minimum Gasteiger partial charge on any atom is -0.321 e. The first-order valence-corrected chi connectivity index (χ1v) is 5.46. The molecule has 1 saturated carbocycles. The smallest absolute Gasteiger partial charge is 0.135 e. The van der Waals surface area contributed by atoms with Gasteiger partial charge in [-0.15, -0.1) is 0 Å². The molecule has 0 saturated heterocycles. The molecule has 2 N–H and O–H groups in total. The van der Waals surface area contributed by atoms with E-state index in [2.05, 4.69) is 15.9 Å². The molecule has 1 unspecified atom stereocenters. The lowest BCUT2D eigenvalue weighted by Crippen LogP contribution is -2.33. The van der Waals surface area contributed by atoms with Crippen LogP contribution >= 0.6 is 15.9 Å². The Bertz CT molecular complexity index is 360. The minimum atomic E-state index is -0.419. The van der Waals surface area contributed by atoms with Crippen molar-refractivity contribution >= 4 is 21.7 Å². The van der Waals surface area contributed by atoms with Crippen molar-refractivity contribution in [1.29, 1.82) is 0 Å². The number of halogens is 1. The Labute approximate surface area is 91.6 Å². The van der Waals surface area contributed by atoms with Crippen LogP contribution in [0.2, 0.25) is 0 Å². The number of nitrogens with two attached hydrogens (primary N) is 1. The summed E-state index contributed by atoms with van der Waals surface area (Å²) in [6.45, 7) is 0. The zero-order valence-electron chi connectivity index (χ0n) is 7.79. The van der Waals surface area contributed by atoms with Crippen molar-refractivity contribution in [3.63, 3.8) is 0 Å². The number of Topliss-reactive ketones (excluding diaryl/α,β-unsaturated/α-hetero) is 1. The summed E-state index contributed by atoms with van der Waals surface area (Å²) < 4.78 is 1.04. The molecular formula is C11H12BrNO. The van der Waals surface area contributed by atoms with Gasteiger partial charge in [-0.25, -0.2) is 0 Å². The number of hydrogen-bond donors (Lipinski definition) is 1. The molecule has 0 heterocycles. The van der Waals surface area contributed by atoms with E-state index >= 15 is 0 Å². The van der Waals surface area contributed by atoms with E-state index in [1.54, 1.807) is 0 Å². The van der Waals surface area contributed by atoms with E-state index in [1.807, 2.05) is 24.3 Å². The molecule has 14 heavy (non-hydrogen) atoms. The van der Waals surface area contributed by atoms with E-state index in [0.717, 1.165) is 16.5 Å². The van der Waals surface area contributed by atoms with Gasteiger partial charge in [-0.1, -0.05) is 28.1 Å². The van der Waals surface area contributed by atoms with Crippen molar-refractivity contribution < 1.29 is 4.79 Å². The normalized spacial score (nSPS) is 26.9. The predicted octanol–water partition coefficient (Wildman–Crippen LogP) is 2.36. The van der Waals surface area contributed by atoms with Gasteiger partial charge >= 0.3 is 0 Å². The summed E-state index contributed by atoms with van der Waals surface area (Å²) >= 11 is 3.38. The molecule has 0 spiro atoms. The van der Waals surface area contributed by atoms with Gasteiger partial charge in [0.05, 0.1) is 0 Å². The van der Waals surface area contributed by atoms with Crippen molar-refractivity contribution in [3.05, 3.63) is 34.3 Å². The van der Waals surface area contributed by atoms with Gasteiger partial charge in [0.25, 0.3) is 0 Å². The second-order valence-corrected chi connectivity index (χ2v) is 4.79. The summed E-state index contributed by atoms with van der Waals surface area (Å²) in [5.41, 5.74) is 6.83. The lowest BCUT2D eigenvalue weighted by molar-refractivity contribution is -0.117. The third-order valence-electron chi connectivity index (χ3n) is 2.78. The first kappa shape index (κ1) is 9.87. The van der Waals surface area contributed by atoms with Gasteiger partial charge in [0, 0.05) is 22.9 Å². The molecule has 1 aliphatic rings. The van der Waals surface area contributed by atoms with Crippen molar-refractivity contribution in [2.24, 2.45) is 5.73 Å². The predicted molar refractivity (Wildman–Crippen MR) is 58.9 cm³/mol. The number of rotatable bonds is 1. The van der Waals surface area contributed by atoms with Crippen LogP contribution in [-0.4, -0.2) is 5.78 Å². The van der Waals surface area contributed by atoms with E-state index in [0.29, 0.717) is 12.8 Å². The average molecular weight is 254 g/mol. The second-order valence-electron chi connectivity index (χ2n) is 3.88. The summed E-state index contributed by atoms with van der Waals surface area (Å²) in [7, 11) is 0. The molecule has 1 aromatic rings. The van der Waals surface area contributed by atoms with Crippen LogP contribution < -0.4 is 5.73 Å². The Morgan fingerprint density at radius 2 is 1.93 bits per heavy atom. The monoisotopic (exact) mass is 253 g/mol. The Morgan fingerprint density at radius 1 is 1.29 bits per heavy atom. The summed E-state index contributed by atoms with van der Waals surface area (Å²) in [6.07, 6.45) is 1.87. The first-order chi connectivity index (χ1) is 6.60. The maximum absolute atomic E-state index is 11.2. The van der Waals surface area contributed by atoms with Crippen molar-refractivity contribution in [1.82, 2.24) is 0 Å². The van der Waals surface area contributed by atoms with Gasteiger partial charge in [0.15, 0.2) is 0 Å². The maximum atomic E-state index is 11.2. The van der Waals surface area contributed by atoms with Crippen LogP contribution in [0.3, 0.4) is 0 Å². The Kier molecular flexibility index (Phi) is 2.45. The fraction of sp³-hybridized carbons (Fsp3) is 0.364.